The number of fused-ring (bicyclic) bond motifs is 1. The van der Waals surface area contributed by atoms with Gasteiger partial charge < -0.3 is 5.32 Å². The van der Waals surface area contributed by atoms with E-state index in [9.17, 15) is 4.79 Å². The molecule has 1 amide bonds. The van der Waals surface area contributed by atoms with Crippen LogP contribution in [0.2, 0.25) is 5.02 Å². The van der Waals surface area contributed by atoms with Crippen LogP contribution >= 0.6 is 22.9 Å². The minimum atomic E-state index is -0.0869. The lowest BCUT2D eigenvalue weighted by atomic mass is 10.0. The fourth-order valence-electron chi connectivity index (χ4n) is 3.38. The fourth-order valence-corrected chi connectivity index (χ4v) is 4.50. The Morgan fingerprint density at radius 3 is 2.75 bits per heavy atom. The van der Waals surface area contributed by atoms with Gasteiger partial charge in [0.15, 0.2) is 0 Å². The summed E-state index contributed by atoms with van der Waals surface area (Å²) in [6.45, 7) is 4.21. The number of halogens is 1. The van der Waals surface area contributed by atoms with Crippen molar-refractivity contribution in [3.8, 4) is 0 Å². The predicted octanol–water partition coefficient (Wildman–Crippen LogP) is 5.60. The Bertz CT molecular complexity index is 1150. The number of rotatable bonds is 5. The number of benzene rings is 2. The van der Waals surface area contributed by atoms with Crippen LogP contribution in [0.15, 0.2) is 53.9 Å². The molecule has 4 aromatic rings. The Balaban J connectivity index is 1.55. The smallest absolute Gasteiger partial charge is 0.246 e. The summed E-state index contributed by atoms with van der Waals surface area (Å²) in [6.07, 6.45) is 0.776. The maximum atomic E-state index is 12.4. The molecule has 2 aromatic heterocycles. The van der Waals surface area contributed by atoms with E-state index in [0.717, 1.165) is 34.1 Å². The number of anilines is 1. The third-order valence-corrected chi connectivity index (χ3v) is 6.11. The molecule has 4 nitrogen and oxygen atoms in total. The van der Waals surface area contributed by atoms with E-state index in [1.165, 1.54) is 15.6 Å². The molecule has 0 radical (unpaired) electrons. The summed E-state index contributed by atoms with van der Waals surface area (Å²) >= 11 is 7.91. The molecule has 0 spiro atoms. The topological polar surface area (TPSA) is 46.9 Å². The molecule has 0 aliphatic heterocycles. The van der Waals surface area contributed by atoms with Gasteiger partial charge in [0.25, 0.3) is 0 Å². The zero-order valence-corrected chi connectivity index (χ0v) is 17.3. The number of hydrogen-bond acceptors (Lipinski definition) is 3. The molecule has 0 fully saturated rings. The summed E-state index contributed by atoms with van der Waals surface area (Å²) in [5.74, 6) is -0.0869. The van der Waals surface area contributed by atoms with Gasteiger partial charge in [-0.25, -0.2) is 0 Å². The largest absolute Gasteiger partial charge is 0.324 e. The highest BCUT2D eigenvalue weighted by molar-refractivity contribution is 7.17. The number of para-hydroxylation sites is 1. The van der Waals surface area contributed by atoms with Gasteiger partial charge in [-0.05, 0) is 60.5 Å². The van der Waals surface area contributed by atoms with Crippen LogP contribution in [0.4, 0.5) is 5.69 Å². The van der Waals surface area contributed by atoms with Crippen molar-refractivity contribution >= 4 is 44.6 Å². The molecule has 0 saturated heterocycles. The van der Waals surface area contributed by atoms with Gasteiger partial charge in [0.1, 0.15) is 6.54 Å². The van der Waals surface area contributed by atoms with E-state index in [2.05, 4.69) is 21.9 Å². The molecule has 0 unspecified atom stereocenters. The Labute approximate surface area is 172 Å². The van der Waals surface area contributed by atoms with Crippen LogP contribution in [0, 0.1) is 13.8 Å². The molecule has 0 bridgehead atoms. The predicted molar refractivity (Wildman–Crippen MR) is 116 cm³/mol. The van der Waals surface area contributed by atoms with Crippen molar-refractivity contribution in [3.05, 3.63) is 81.4 Å². The lowest BCUT2D eigenvalue weighted by molar-refractivity contribution is -0.116. The van der Waals surface area contributed by atoms with Crippen LogP contribution in [0.5, 0.6) is 0 Å². The molecule has 0 aliphatic carbocycles. The Morgan fingerprint density at radius 2 is 1.96 bits per heavy atom. The molecule has 2 aromatic carbocycles. The number of amides is 1. The highest BCUT2D eigenvalue weighted by atomic mass is 35.5. The van der Waals surface area contributed by atoms with E-state index >= 15 is 0 Å². The van der Waals surface area contributed by atoms with Crippen LogP contribution in [0.3, 0.4) is 0 Å². The summed E-state index contributed by atoms with van der Waals surface area (Å²) in [5.41, 5.74) is 5.15. The summed E-state index contributed by atoms with van der Waals surface area (Å²) in [7, 11) is 0. The molecule has 6 heteroatoms. The first-order valence-corrected chi connectivity index (χ1v) is 10.3. The van der Waals surface area contributed by atoms with Gasteiger partial charge >= 0.3 is 0 Å². The number of carbonyl (C=O) groups excluding carboxylic acids is 1. The van der Waals surface area contributed by atoms with Crippen molar-refractivity contribution in [1.82, 2.24) is 9.78 Å². The second kappa shape index (κ2) is 7.78. The first-order valence-electron chi connectivity index (χ1n) is 9.04. The SMILES string of the molecule is Cc1nn(CC(=O)Nc2ccccc2)c(C)c1Cc1csc2ccc(Cl)cc12. The van der Waals surface area contributed by atoms with E-state index in [1.54, 1.807) is 16.0 Å². The average molecular weight is 410 g/mol. The lowest BCUT2D eigenvalue weighted by Gasteiger charge is -2.07. The van der Waals surface area contributed by atoms with Gasteiger partial charge in [0, 0.05) is 33.1 Å². The number of thiophene rings is 1. The van der Waals surface area contributed by atoms with Crippen molar-refractivity contribution < 1.29 is 4.79 Å². The standard InChI is InChI=1S/C22H20ClN3OS/c1-14-19(10-16-13-28-21-9-8-17(23)11-20(16)21)15(2)26(25-14)12-22(27)24-18-6-4-3-5-7-18/h3-9,11,13H,10,12H2,1-2H3,(H,24,27). The molecule has 28 heavy (non-hydrogen) atoms. The van der Waals surface area contributed by atoms with Crippen LogP contribution < -0.4 is 5.32 Å². The first kappa shape index (κ1) is 18.7. The Kier molecular flexibility index (Phi) is 5.20. The van der Waals surface area contributed by atoms with Crippen molar-refractivity contribution in [2.75, 3.05) is 5.32 Å². The van der Waals surface area contributed by atoms with Crippen LogP contribution in [-0.4, -0.2) is 15.7 Å². The molecular formula is C22H20ClN3OS. The van der Waals surface area contributed by atoms with Crippen LogP contribution in [0.1, 0.15) is 22.5 Å². The average Bonchev–Trinajstić information content (AvgIpc) is 3.18. The maximum Gasteiger partial charge on any atom is 0.246 e. The molecule has 4 rings (SSSR count). The van der Waals surface area contributed by atoms with E-state index < -0.39 is 0 Å². The Hall–Kier alpha value is -2.63. The van der Waals surface area contributed by atoms with Crippen LogP contribution in [-0.2, 0) is 17.8 Å². The zero-order valence-electron chi connectivity index (χ0n) is 15.7. The van der Waals surface area contributed by atoms with Crippen molar-refractivity contribution in [3.63, 3.8) is 0 Å². The molecule has 0 atom stereocenters. The number of nitrogens with one attached hydrogen (secondary N) is 1. The quantitative estimate of drug-likeness (QED) is 0.466. The number of nitrogens with zero attached hydrogens (tertiary/aromatic N) is 2. The number of carbonyl (C=O) groups is 1. The van der Waals surface area contributed by atoms with E-state index in [-0.39, 0.29) is 12.5 Å². The van der Waals surface area contributed by atoms with Gasteiger partial charge in [-0.15, -0.1) is 11.3 Å². The fraction of sp³-hybridized carbons (Fsp3) is 0.182. The highest BCUT2D eigenvalue weighted by Gasteiger charge is 2.16. The highest BCUT2D eigenvalue weighted by Crippen LogP contribution is 2.31. The first-order chi connectivity index (χ1) is 13.5. The van der Waals surface area contributed by atoms with Crippen molar-refractivity contribution in [2.24, 2.45) is 0 Å². The summed E-state index contributed by atoms with van der Waals surface area (Å²) in [5, 5.41) is 11.6. The second-order valence-electron chi connectivity index (χ2n) is 6.80. The summed E-state index contributed by atoms with van der Waals surface area (Å²) in [6, 6.07) is 15.5. The zero-order chi connectivity index (χ0) is 19.7. The van der Waals surface area contributed by atoms with Crippen LogP contribution in [0.25, 0.3) is 10.1 Å². The van der Waals surface area contributed by atoms with E-state index in [4.69, 9.17) is 11.6 Å². The molecule has 2 heterocycles. The normalized spacial score (nSPS) is 11.1. The third kappa shape index (κ3) is 3.81. The summed E-state index contributed by atoms with van der Waals surface area (Å²) in [4.78, 5) is 12.4. The van der Waals surface area contributed by atoms with Gasteiger partial charge in [-0.1, -0.05) is 29.8 Å². The third-order valence-electron chi connectivity index (χ3n) is 4.87. The van der Waals surface area contributed by atoms with E-state index in [1.807, 2.05) is 56.3 Å². The van der Waals surface area contributed by atoms with Gasteiger partial charge in [-0.2, -0.15) is 5.10 Å². The second-order valence-corrected chi connectivity index (χ2v) is 8.15. The Morgan fingerprint density at radius 1 is 1.18 bits per heavy atom. The van der Waals surface area contributed by atoms with Crippen molar-refractivity contribution in [2.45, 2.75) is 26.8 Å². The van der Waals surface area contributed by atoms with E-state index in [0.29, 0.717) is 0 Å². The minimum Gasteiger partial charge on any atom is -0.324 e. The lowest BCUT2D eigenvalue weighted by Crippen LogP contribution is -2.20. The molecule has 0 aliphatic rings. The maximum absolute atomic E-state index is 12.4. The number of hydrogen-bond donors (Lipinski definition) is 1. The van der Waals surface area contributed by atoms with Gasteiger partial charge in [0.05, 0.1) is 5.69 Å². The minimum absolute atomic E-state index is 0.0869. The summed E-state index contributed by atoms with van der Waals surface area (Å²) < 4.78 is 3.01. The molecule has 0 saturated carbocycles. The molecule has 1 N–H and O–H groups in total. The van der Waals surface area contributed by atoms with Gasteiger partial charge in [-0.3, -0.25) is 9.48 Å². The molecular weight excluding hydrogens is 390 g/mol. The number of aromatic nitrogens is 2. The number of aryl methyl sites for hydroxylation is 1. The van der Waals surface area contributed by atoms with Crippen molar-refractivity contribution in [1.29, 1.82) is 0 Å². The molecule has 142 valence electrons. The monoisotopic (exact) mass is 409 g/mol. The van der Waals surface area contributed by atoms with Gasteiger partial charge in [0.2, 0.25) is 5.91 Å².